The van der Waals surface area contributed by atoms with Crippen molar-refractivity contribution < 1.29 is 14.0 Å². The van der Waals surface area contributed by atoms with Crippen molar-refractivity contribution >= 4 is 11.9 Å². The highest BCUT2D eigenvalue weighted by molar-refractivity contribution is 6.06. The van der Waals surface area contributed by atoms with E-state index in [1.807, 2.05) is 0 Å². The summed E-state index contributed by atoms with van der Waals surface area (Å²) in [6.07, 6.45) is 1.45. The van der Waals surface area contributed by atoms with E-state index < -0.39 is 17.5 Å². The van der Waals surface area contributed by atoms with Crippen molar-refractivity contribution in [2.45, 2.75) is 19.0 Å². The fraction of sp³-hybridized carbons (Fsp3) is 0.188. The fourth-order valence-electron chi connectivity index (χ4n) is 2.51. The van der Waals surface area contributed by atoms with Crippen molar-refractivity contribution in [1.82, 2.24) is 10.2 Å². The normalized spacial score (nSPS) is 20.8. The van der Waals surface area contributed by atoms with Crippen LogP contribution in [0.2, 0.25) is 0 Å². The van der Waals surface area contributed by atoms with Gasteiger partial charge in [0.05, 0.1) is 24.4 Å². The molecule has 0 spiro atoms. The number of carbonyl (C=O) groups is 2. The summed E-state index contributed by atoms with van der Waals surface area (Å²) in [5.41, 5.74) is -0.158. The van der Waals surface area contributed by atoms with Crippen molar-refractivity contribution in [1.29, 1.82) is 5.26 Å². The van der Waals surface area contributed by atoms with E-state index in [9.17, 15) is 9.59 Å². The largest absolute Gasteiger partial charge is 0.466 e. The number of imide groups is 1. The third-order valence-corrected chi connectivity index (χ3v) is 3.76. The first-order valence-corrected chi connectivity index (χ1v) is 6.72. The van der Waals surface area contributed by atoms with Crippen LogP contribution in [0.4, 0.5) is 4.79 Å². The molecule has 0 saturated carbocycles. The topological polar surface area (TPSA) is 86.3 Å². The maximum Gasteiger partial charge on any atom is 0.325 e. The van der Waals surface area contributed by atoms with Gasteiger partial charge < -0.3 is 9.73 Å². The summed E-state index contributed by atoms with van der Waals surface area (Å²) in [5.74, 6) is -0.0258. The Morgan fingerprint density at radius 2 is 2.05 bits per heavy atom. The monoisotopic (exact) mass is 295 g/mol. The molecule has 2 heterocycles. The quantitative estimate of drug-likeness (QED) is 0.879. The second-order valence-corrected chi connectivity index (χ2v) is 5.19. The van der Waals surface area contributed by atoms with Gasteiger partial charge in [0.15, 0.2) is 5.54 Å². The Bertz CT molecular complexity index is 776. The van der Waals surface area contributed by atoms with Gasteiger partial charge in [-0.3, -0.25) is 9.69 Å². The van der Waals surface area contributed by atoms with Crippen LogP contribution in [0.15, 0.2) is 47.1 Å². The third-order valence-electron chi connectivity index (χ3n) is 3.76. The summed E-state index contributed by atoms with van der Waals surface area (Å²) in [4.78, 5) is 25.9. The lowest BCUT2D eigenvalue weighted by atomic mass is 9.99. The predicted molar refractivity (Wildman–Crippen MR) is 76.3 cm³/mol. The number of urea groups is 1. The van der Waals surface area contributed by atoms with E-state index >= 15 is 0 Å². The average molecular weight is 295 g/mol. The number of benzene rings is 1. The van der Waals surface area contributed by atoms with E-state index in [1.165, 1.54) is 6.26 Å². The first-order chi connectivity index (χ1) is 10.6. The van der Waals surface area contributed by atoms with Crippen LogP contribution in [0.3, 0.4) is 0 Å². The van der Waals surface area contributed by atoms with Crippen molar-refractivity contribution in [2.24, 2.45) is 0 Å². The molecule has 22 heavy (non-hydrogen) atoms. The molecule has 2 aromatic rings. The zero-order valence-electron chi connectivity index (χ0n) is 11.9. The fourth-order valence-corrected chi connectivity index (χ4v) is 2.51. The van der Waals surface area contributed by atoms with Gasteiger partial charge in [0.1, 0.15) is 5.76 Å². The summed E-state index contributed by atoms with van der Waals surface area (Å²) in [6.45, 7) is 1.65. The smallest absolute Gasteiger partial charge is 0.325 e. The molecule has 0 bridgehead atoms. The van der Waals surface area contributed by atoms with Crippen molar-refractivity contribution in [3.8, 4) is 6.07 Å². The van der Waals surface area contributed by atoms with E-state index in [2.05, 4.69) is 11.4 Å². The molecule has 0 aliphatic carbocycles. The lowest BCUT2D eigenvalue weighted by Crippen LogP contribution is -2.40. The van der Waals surface area contributed by atoms with Crippen molar-refractivity contribution in [2.75, 3.05) is 0 Å². The minimum atomic E-state index is -1.22. The Hall–Kier alpha value is -3.07. The van der Waals surface area contributed by atoms with Crippen LogP contribution in [-0.4, -0.2) is 16.8 Å². The van der Waals surface area contributed by atoms with Crippen LogP contribution in [0.25, 0.3) is 0 Å². The Labute approximate surface area is 126 Å². The van der Waals surface area contributed by atoms with Crippen LogP contribution in [0.1, 0.15) is 23.8 Å². The van der Waals surface area contributed by atoms with E-state index in [-0.39, 0.29) is 6.54 Å². The number of hydrogen-bond acceptors (Lipinski definition) is 4. The van der Waals surface area contributed by atoms with E-state index in [4.69, 9.17) is 9.68 Å². The van der Waals surface area contributed by atoms with Crippen molar-refractivity contribution in [3.05, 3.63) is 59.5 Å². The van der Waals surface area contributed by atoms with Crippen LogP contribution >= 0.6 is 0 Å². The average Bonchev–Trinajstić information content (AvgIpc) is 3.12. The van der Waals surface area contributed by atoms with Gasteiger partial charge in [0.2, 0.25) is 0 Å². The zero-order valence-corrected chi connectivity index (χ0v) is 11.9. The number of hydrogen-bond donors (Lipinski definition) is 1. The minimum absolute atomic E-state index is 0.0463. The summed E-state index contributed by atoms with van der Waals surface area (Å²) in [5, 5.41) is 11.8. The first kappa shape index (κ1) is 13.9. The molecule has 1 aromatic heterocycles. The van der Waals surface area contributed by atoms with Gasteiger partial charge in [-0.05, 0) is 30.7 Å². The molecule has 110 valence electrons. The molecule has 1 fully saturated rings. The van der Waals surface area contributed by atoms with Crippen LogP contribution in [-0.2, 0) is 16.9 Å². The SMILES string of the molecule is C[C@]1(c2ccco2)NC(=O)N(Cc2ccccc2C#N)C1=O. The van der Waals surface area contributed by atoms with Crippen LogP contribution in [0.5, 0.6) is 0 Å². The van der Waals surface area contributed by atoms with E-state index in [1.54, 1.807) is 43.3 Å². The van der Waals surface area contributed by atoms with Gasteiger partial charge in [-0.15, -0.1) is 0 Å². The first-order valence-electron chi connectivity index (χ1n) is 6.72. The van der Waals surface area contributed by atoms with Crippen LogP contribution < -0.4 is 5.32 Å². The molecule has 1 saturated heterocycles. The second-order valence-electron chi connectivity index (χ2n) is 5.19. The Morgan fingerprint density at radius 3 is 2.73 bits per heavy atom. The second kappa shape index (κ2) is 5.04. The third kappa shape index (κ3) is 2.04. The number of rotatable bonds is 3. The summed E-state index contributed by atoms with van der Waals surface area (Å²) in [6, 6.07) is 11.7. The molecule has 6 heteroatoms. The molecule has 0 unspecified atom stereocenters. The van der Waals surface area contributed by atoms with E-state index in [0.29, 0.717) is 16.9 Å². The molecule has 1 aliphatic heterocycles. The van der Waals surface area contributed by atoms with E-state index in [0.717, 1.165) is 4.90 Å². The number of amides is 3. The number of carbonyl (C=O) groups excluding carboxylic acids is 2. The highest BCUT2D eigenvalue weighted by Crippen LogP contribution is 2.30. The number of furan rings is 1. The van der Waals surface area contributed by atoms with Crippen molar-refractivity contribution in [3.63, 3.8) is 0 Å². The van der Waals surface area contributed by atoms with Gasteiger partial charge >= 0.3 is 6.03 Å². The zero-order chi connectivity index (χ0) is 15.7. The van der Waals surface area contributed by atoms with Gasteiger partial charge in [-0.2, -0.15) is 5.26 Å². The summed E-state index contributed by atoms with van der Waals surface area (Å²) < 4.78 is 5.27. The highest BCUT2D eigenvalue weighted by atomic mass is 16.3. The number of nitrogens with one attached hydrogen (secondary N) is 1. The molecule has 3 amide bonds. The molecule has 6 nitrogen and oxygen atoms in total. The van der Waals surface area contributed by atoms with Gasteiger partial charge in [-0.1, -0.05) is 18.2 Å². The molecule has 1 atom stereocenters. The minimum Gasteiger partial charge on any atom is -0.466 e. The molecule has 1 aliphatic rings. The molecule has 0 radical (unpaired) electrons. The summed E-state index contributed by atoms with van der Waals surface area (Å²) >= 11 is 0. The predicted octanol–water partition coefficient (Wildman–Crippen LogP) is 2.12. The highest BCUT2D eigenvalue weighted by Gasteiger charge is 2.50. The lowest BCUT2D eigenvalue weighted by Gasteiger charge is -2.19. The Kier molecular flexibility index (Phi) is 3.18. The van der Waals surface area contributed by atoms with Gasteiger partial charge in [0, 0.05) is 0 Å². The van der Waals surface area contributed by atoms with Gasteiger partial charge in [-0.25, -0.2) is 4.79 Å². The maximum atomic E-state index is 12.6. The lowest BCUT2D eigenvalue weighted by molar-refractivity contribution is -0.132. The molecule has 1 N–H and O–H groups in total. The Morgan fingerprint density at radius 1 is 1.27 bits per heavy atom. The van der Waals surface area contributed by atoms with Gasteiger partial charge in [0.25, 0.3) is 5.91 Å². The maximum absolute atomic E-state index is 12.6. The van der Waals surface area contributed by atoms with Crippen LogP contribution in [0, 0.1) is 11.3 Å². The molecular formula is C16H13N3O3. The standard InChI is InChI=1S/C16H13N3O3/c1-16(13-7-4-8-22-13)14(20)19(15(21)18-16)10-12-6-3-2-5-11(12)9-17/h2-8H,10H2,1H3,(H,18,21)/t16-/m1/s1. The molecule has 1 aromatic carbocycles. The summed E-state index contributed by atoms with van der Waals surface area (Å²) in [7, 11) is 0. The number of nitriles is 1. The number of nitrogens with zero attached hydrogens (tertiary/aromatic N) is 2. The molecular weight excluding hydrogens is 282 g/mol. The molecule has 3 rings (SSSR count). The Balaban J connectivity index is 1.92.